The van der Waals surface area contributed by atoms with Gasteiger partial charge in [0.25, 0.3) is 11.8 Å². The molecule has 15 heteroatoms. The average Bonchev–Trinajstić information content (AvgIpc) is 3.42. The monoisotopic (exact) mass is 621 g/mol. The molecule has 1 unspecified atom stereocenters. The second kappa shape index (κ2) is 12.6. The van der Waals surface area contributed by atoms with Crippen molar-refractivity contribution >= 4 is 53.5 Å². The number of rotatable bonds is 8. The topological polar surface area (TPSA) is 183 Å². The number of carbonyl (C=O) groups is 7. The molecule has 0 radical (unpaired) electrons. The van der Waals surface area contributed by atoms with Gasteiger partial charge in [-0.1, -0.05) is 48.5 Å². The van der Waals surface area contributed by atoms with Crippen molar-refractivity contribution in [1.82, 2.24) is 25.3 Å². The molecule has 0 spiro atoms. The fraction of sp³-hybridized carbons (Fsp3) is 0.276. The summed E-state index contributed by atoms with van der Waals surface area (Å²) in [5, 5.41) is 14.2. The van der Waals surface area contributed by atoms with Crippen molar-refractivity contribution in [1.29, 1.82) is 0 Å². The van der Waals surface area contributed by atoms with Crippen LogP contribution in [0.2, 0.25) is 0 Å². The Kier molecular flexibility index (Phi) is 8.66. The van der Waals surface area contributed by atoms with E-state index in [0.717, 1.165) is 14.7 Å². The summed E-state index contributed by atoms with van der Waals surface area (Å²) in [6.07, 6.45) is 0. The Bertz CT molecular complexity index is 1570. The molecule has 0 aromatic heterocycles. The van der Waals surface area contributed by atoms with Crippen LogP contribution in [0, 0.1) is 0 Å². The number of nitrogens with one attached hydrogen (secondary N) is 2. The molecule has 14 nitrogen and oxygen atoms in total. The van der Waals surface area contributed by atoms with Crippen LogP contribution in [0.15, 0.2) is 71.9 Å². The fourth-order valence-corrected chi connectivity index (χ4v) is 6.34. The summed E-state index contributed by atoms with van der Waals surface area (Å²) >= 11 is 1.19. The molecule has 2 aromatic rings. The summed E-state index contributed by atoms with van der Waals surface area (Å²) in [5.41, 5.74) is 0.581. The first-order valence-electron chi connectivity index (χ1n) is 13.5. The minimum Gasteiger partial charge on any atom is -0.477 e. The molecule has 2 fully saturated rings. The maximum atomic E-state index is 13.6. The molecule has 3 heterocycles. The number of nitrogens with zero attached hydrogens (tertiary/aromatic N) is 3. The van der Waals surface area contributed by atoms with Gasteiger partial charge < -0.3 is 20.5 Å². The molecular weight excluding hydrogens is 594 g/mol. The number of carbonyl (C=O) groups excluding carboxylic acids is 6. The van der Waals surface area contributed by atoms with Gasteiger partial charge in [0.1, 0.15) is 29.8 Å². The average molecular weight is 622 g/mol. The van der Waals surface area contributed by atoms with E-state index in [4.69, 9.17) is 4.74 Å². The number of esters is 1. The fourth-order valence-electron chi connectivity index (χ4n) is 5.02. The Balaban J connectivity index is 1.29. The number of ether oxygens (including phenoxy) is 1. The van der Waals surface area contributed by atoms with Gasteiger partial charge in [-0.3, -0.25) is 29.0 Å². The van der Waals surface area contributed by atoms with Gasteiger partial charge in [-0.15, -0.1) is 11.8 Å². The molecular formula is C29H27N5O9S. The number of thioether (sulfide) groups is 1. The largest absolute Gasteiger partial charge is 0.477 e. The van der Waals surface area contributed by atoms with Gasteiger partial charge in [0.15, 0.2) is 0 Å². The molecule has 2 saturated heterocycles. The lowest BCUT2D eigenvalue weighted by Crippen LogP contribution is -2.71. The van der Waals surface area contributed by atoms with E-state index in [1.165, 1.54) is 18.7 Å². The third kappa shape index (κ3) is 5.86. The zero-order valence-electron chi connectivity index (χ0n) is 23.3. The van der Waals surface area contributed by atoms with Crippen molar-refractivity contribution in [3.05, 3.63) is 83.1 Å². The summed E-state index contributed by atoms with van der Waals surface area (Å²) < 4.78 is 4.93. The van der Waals surface area contributed by atoms with Gasteiger partial charge in [0, 0.05) is 30.4 Å². The van der Waals surface area contributed by atoms with Crippen LogP contribution in [0.1, 0.15) is 28.9 Å². The predicted octanol–water partition coefficient (Wildman–Crippen LogP) is 1.32. The highest BCUT2D eigenvalue weighted by Gasteiger charge is 2.54. The number of fused-ring (bicyclic) bond motifs is 1. The Morgan fingerprint density at radius 3 is 2.25 bits per heavy atom. The second-order valence-corrected chi connectivity index (χ2v) is 11.1. The number of β-lactam (4-membered cyclic amide) rings is 1. The van der Waals surface area contributed by atoms with E-state index in [1.54, 1.807) is 60.7 Å². The number of amides is 7. The number of urea groups is 2. The van der Waals surface area contributed by atoms with Gasteiger partial charge in [0.05, 0.1) is 6.54 Å². The lowest BCUT2D eigenvalue weighted by molar-refractivity contribution is -0.151. The molecule has 2 aromatic carbocycles. The quantitative estimate of drug-likeness (QED) is 0.287. The van der Waals surface area contributed by atoms with Crippen LogP contribution in [0.5, 0.6) is 0 Å². The molecule has 3 aliphatic rings. The van der Waals surface area contributed by atoms with Gasteiger partial charge in [-0.2, -0.15) is 0 Å². The minimum absolute atomic E-state index is 0.0353. The van der Waals surface area contributed by atoms with Crippen molar-refractivity contribution in [2.75, 3.05) is 25.4 Å². The Morgan fingerprint density at radius 1 is 0.977 bits per heavy atom. The molecule has 5 rings (SSSR count). The standard InChI is InChI=1S/C29H27N5O9S/c1-16(35)43-14-19-15-44-26-21(25(38)34(26)22(19)27(39)40)30-23(36)20(17-8-4-2-5-9-17)31-28(41)33-13-12-32(29(33)42)24(37)18-10-6-3-7-11-18/h2-11,20-21,26H,12-15H2,1H3,(H,30,36)(H,31,41)(H,39,40)/t20-,21?,26-/m1/s1. The van der Waals surface area contributed by atoms with E-state index in [0.29, 0.717) is 5.56 Å². The number of hydrogen-bond donors (Lipinski definition) is 3. The summed E-state index contributed by atoms with van der Waals surface area (Å²) in [6, 6.07) is 12.1. The summed E-state index contributed by atoms with van der Waals surface area (Å²) in [5.74, 6) is -3.85. The Morgan fingerprint density at radius 2 is 1.61 bits per heavy atom. The molecule has 0 aliphatic carbocycles. The van der Waals surface area contributed by atoms with Crippen LogP contribution in [-0.2, 0) is 23.9 Å². The third-order valence-electron chi connectivity index (χ3n) is 7.18. The first-order valence-corrected chi connectivity index (χ1v) is 14.5. The van der Waals surface area contributed by atoms with E-state index in [1.807, 2.05) is 0 Å². The Labute approximate surface area is 255 Å². The minimum atomic E-state index is -1.37. The van der Waals surface area contributed by atoms with Crippen LogP contribution in [0.4, 0.5) is 9.59 Å². The van der Waals surface area contributed by atoms with E-state index in [2.05, 4.69) is 10.6 Å². The molecule has 228 valence electrons. The smallest absolute Gasteiger partial charge is 0.352 e. The van der Waals surface area contributed by atoms with Crippen LogP contribution in [0.3, 0.4) is 0 Å². The van der Waals surface area contributed by atoms with E-state index in [-0.39, 0.29) is 42.3 Å². The lowest BCUT2D eigenvalue weighted by Gasteiger charge is -2.49. The van der Waals surface area contributed by atoms with Crippen LogP contribution >= 0.6 is 11.8 Å². The molecule has 3 N–H and O–H groups in total. The molecule has 44 heavy (non-hydrogen) atoms. The second-order valence-electron chi connectivity index (χ2n) is 9.98. The number of carboxylic acid groups (broad SMARTS) is 1. The molecule has 7 amide bonds. The Hall–Kier alpha value is -5.18. The SMILES string of the molecule is CC(=O)OCC1=C(C(=O)O)N2C(=O)C(NC(=O)[C@H](NC(=O)N3CCN(C(=O)c4ccccc4)C3=O)c3ccccc3)[C@H]2SC1. The van der Waals surface area contributed by atoms with E-state index >= 15 is 0 Å². The van der Waals surface area contributed by atoms with Gasteiger partial charge >= 0.3 is 24.0 Å². The number of aliphatic carboxylic acids is 1. The number of benzene rings is 2. The molecule has 3 aliphatic heterocycles. The number of hydrogen-bond acceptors (Lipinski definition) is 9. The zero-order chi connectivity index (χ0) is 31.5. The van der Waals surface area contributed by atoms with Gasteiger partial charge in [-0.05, 0) is 17.7 Å². The highest BCUT2D eigenvalue weighted by atomic mass is 32.2. The lowest BCUT2D eigenvalue weighted by atomic mass is 10.0. The maximum Gasteiger partial charge on any atom is 0.352 e. The van der Waals surface area contributed by atoms with Crippen LogP contribution in [0.25, 0.3) is 0 Å². The highest BCUT2D eigenvalue weighted by molar-refractivity contribution is 8.00. The van der Waals surface area contributed by atoms with E-state index < -0.39 is 59.2 Å². The molecule has 0 saturated carbocycles. The van der Waals surface area contributed by atoms with Crippen molar-refractivity contribution in [2.45, 2.75) is 24.4 Å². The zero-order valence-corrected chi connectivity index (χ0v) is 24.1. The molecule has 3 atom stereocenters. The van der Waals surface area contributed by atoms with E-state index in [9.17, 15) is 38.7 Å². The predicted molar refractivity (Wildman–Crippen MR) is 154 cm³/mol. The first-order chi connectivity index (χ1) is 21.1. The van der Waals surface area contributed by atoms with Crippen LogP contribution in [-0.4, -0.2) is 98.4 Å². The highest BCUT2D eigenvalue weighted by Crippen LogP contribution is 2.40. The number of imide groups is 2. The van der Waals surface area contributed by atoms with Gasteiger partial charge in [0.2, 0.25) is 5.91 Å². The third-order valence-corrected chi connectivity index (χ3v) is 8.52. The van der Waals surface area contributed by atoms with Crippen molar-refractivity contribution in [3.63, 3.8) is 0 Å². The normalized spacial score (nSPS) is 20.0. The maximum absolute atomic E-state index is 13.6. The summed E-state index contributed by atoms with van der Waals surface area (Å²) in [7, 11) is 0. The van der Waals surface area contributed by atoms with Crippen LogP contribution < -0.4 is 10.6 Å². The van der Waals surface area contributed by atoms with Gasteiger partial charge in [-0.25, -0.2) is 19.3 Å². The summed E-state index contributed by atoms with van der Waals surface area (Å²) in [4.78, 5) is 91.8. The molecule has 0 bridgehead atoms. The van der Waals surface area contributed by atoms with Crippen molar-refractivity contribution in [3.8, 4) is 0 Å². The van der Waals surface area contributed by atoms with Crippen molar-refractivity contribution in [2.24, 2.45) is 0 Å². The number of carboxylic acids is 1. The first kappa shape index (κ1) is 30.3. The van der Waals surface area contributed by atoms with Crippen molar-refractivity contribution < 1.29 is 43.4 Å². The summed E-state index contributed by atoms with van der Waals surface area (Å²) in [6.45, 7) is 0.763.